The summed E-state index contributed by atoms with van der Waals surface area (Å²) in [6, 6.07) is 13.6. The number of hydrazone groups is 1. The first kappa shape index (κ1) is 22.0. The second-order valence-corrected chi connectivity index (χ2v) is 8.24. The van der Waals surface area contributed by atoms with Gasteiger partial charge in [0.15, 0.2) is 0 Å². The first-order chi connectivity index (χ1) is 13.3. The van der Waals surface area contributed by atoms with Gasteiger partial charge in [-0.1, -0.05) is 39.0 Å². The lowest BCUT2D eigenvalue weighted by atomic mass is 9.87. The summed E-state index contributed by atoms with van der Waals surface area (Å²) in [7, 11) is 1.60. The van der Waals surface area contributed by atoms with E-state index in [9.17, 15) is 4.79 Å². The van der Waals surface area contributed by atoms with Crippen LogP contribution in [0.25, 0.3) is 0 Å². The van der Waals surface area contributed by atoms with E-state index in [-0.39, 0.29) is 11.3 Å². The molecule has 6 heteroatoms. The summed E-state index contributed by atoms with van der Waals surface area (Å²) in [5, 5.41) is 3.98. The zero-order chi connectivity index (χ0) is 20.6. The molecule has 0 radical (unpaired) electrons. The van der Waals surface area contributed by atoms with Crippen molar-refractivity contribution in [3.8, 4) is 11.5 Å². The highest BCUT2D eigenvalue weighted by atomic mass is 79.9. The molecule has 2 rings (SSSR count). The number of amides is 1. The van der Waals surface area contributed by atoms with Crippen LogP contribution < -0.4 is 14.9 Å². The zero-order valence-electron chi connectivity index (χ0n) is 16.8. The largest absolute Gasteiger partial charge is 0.496 e. The number of hydrogen-bond donors (Lipinski definition) is 1. The molecule has 1 N–H and O–H groups in total. The number of nitrogens with one attached hydrogen (secondary N) is 1. The highest BCUT2D eigenvalue weighted by Gasteiger charge is 2.15. The van der Waals surface area contributed by atoms with Crippen LogP contribution in [-0.2, 0) is 10.2 Å². The monoisotopic (exact) mass is 446 g/mol. The topological polar surface area (TPSA) is 59.9 Å². The maximum absolute atomic E-state index is 11.9. The fourth-order valence-corrected chi connectivity index (χ4v) is 3.00. The lowest BCUT2D eigenvalue weighted by molar-refractivity contribution is -0.121. The van der Waals surface area contributed by atoms with E-state index in [1.807, 2.05) is 30.3 Å². The number of carbonyl (C=O) groups is 1. The Morgan fingerprint density at radius 1 is 1.18 bits per heavy atom. The number of nitrogens with zero attached hydrogens (tertiary/aromatic N) is 1. The molecular formula is C22H27BrN2O3. The maximum atomic E-state index is 11.9. The Morgan fingerprint density at radius 2 is 1.93 bits per heavy atom. The summed E-state index contributed by atoms with van der Waals surface area (Å²) in [4.78, 5) is 11.9. The van der Waals surface area contributed by atoms with Gasteiger partial charge in [0.25, 0.3) is 0 Å². The predicted octanol–water partition coefficient (Wildman–Crippen LogP) is 5.06. The van der Waals surface area contributed by atoms with E-state index >= 15 is 0 Å². The Labute approximate surface area is 175 Å². The number of halogens is 1. The second kappa shape index (κ2) is 10.3. The number of carbonyl (C=O) groups excluding carboxylic acids is 1. The average molecular weight is 447 g/mol. The third-order valence-electron chi connectivity index (χ3n) is 4.14. The third kappa shape index (κ3) is 6.68. The Balaban J connectivity index is 1.75. The second-order valence-electron chi connectivity index (χ2n) is 7.38. The Hall–Kier alpha value is -2.34. The van der Waals surface area contributed by atoms with Gasteiger partial charge in [0.1, 0.15) is 11.5 Å². The standard InChI is InChI=1S/C22H27BrN2O3/c1-22(2,3)17-11-12-20(18(23)14-17)28-13-7-10-21(26)25-24-15-16-8-5-6-9-19(16)27-4/h5-6,8-9,11-12,14-15H,7,10,13H2,1-4H3,(H,25,26)/b24-15+. The average Bonchev–Trinajstić information content (AvgIpc) is 2.65. The van der Waals surface area contributed by atoms with Crippen molar-refractivity contribution >= 4 is 28.1 Å². The summed E-state index contributed by atoms with van der Waals surface area (Å²) in [5.74, 6) is 1.33. The highest BCUT2D eigenvalue weighted by Crippen LogP contribution is 2.31. The molecule has 0 atom stereocenters. The Morgan fingerprint density at radius 3 is 2.61 bits per heavy atom. The van der Waals surface area contributed by atoms with Crippen molar-refractivity contribution < 1.29 is 14.3 Å². The van der Waals surface area contributed by atoms with E-state index in [0.717, 1.165) is 15.8 Å². The molecule has 0 aliphatic heterocycles. The van der Waals surface area contributed by atoms with Crippen molar-refractivity contribution in [2.45, 2.75) is 39.0 Å². The maximum Gasteiger partial charge on any atom is 0.240 e. The molecule has 5 nitrogen and oxygen atoms in total. The third-order valence-corrected chi connectivity index (χ3v) is 4.76. The number of rotatable bonds is 8. The lowest BCUT2D eigenvalue weighted by Gasteiger charge is -2.20. The molecule has 150 valence electrons. The molecule has 0 unspecified atom stereocenters. The molecule has 0 spiro atoms. The molecule has 0 heterocycles. The minimum Gasteiger partial charge on any atom is -0.496 e. The molecule has 2 aromatic carbocycles. The van der Waals surface area contributed by atoms with Gasteiger partial charge in [0.2, 0.25) is 5.91 Å². The summed E-state index contributed by atoms with van der Waals surface area (Å²) < 4.78 is 11.9. The Bertz CT molecular complexity index is 829. The van der Waals surface area contributed by atoms with Crippen molar-refractivity contribution in [1.82, 2.24) is 5.43 Å². The van der Waals surface area contributed by atoms with Crippen LogP contribution in [0.4, 0.5) is 0 Å². The number of methoxy groups -OCH3 is 1. The molecule has 0 aliphatic rings. The van der Waals surface area contributed by atoms with Crippen LogP contribution in [0.3, 0.4) is 0 Å². The van der Waals surface area contributed by atoms with Crippen molar-refractivity contribution in [1.29, 1.82) is 0 Å². The van der Waals surface area contributed by atoms with E-state index in [2.05, 4.69) is 59.4 Å². The van der Waals surface area contributed by atoms with Gasteiger partial charge in [-0.15, -0.1) is 0 Å². The van der Waals surface area contributed by atoms with Crippen LogP contribution in [0.5, 0.6) is 11.5 Å². The number of benzene rings is 2. The SMILES string of the molecule is COc1ccccc1/C=N/NC(=O)CCCOc1ccc(C(C)(C)C)cc1Br. The van der Waals surface area contributed by atoms with Crippen LogP contribution in [0, 0.1) is 0 Å². The molecule has 0 saturated carbocycles. The van der Waals surface area contributed by atoms with Crippen LogP contribution in [0.1, 0.15) is 44.7 Å². The molecule has 0 fully saturated rings. The molecule has 0 saturated heterocycles. The molecule has 1 amide bonds. The molecular weight excluding hydrogens is 420 g/mol. The lowest BCUT2D eigenvalue weighted by Crippen LogP contribution is -2.18. The quantitative estimate of drug-likeness (QED) is 0.350. The zero-order valence-corrected chi connectivity index (χ0v) is 18.4. The smallest absolute Gasteiger partial charge is 0.240 e. The first-order valence-electron chi connectivity index (χ1n) is 9.19. The van der Waals surface area contributed by atoms with E-state index in [1.54, 1.807) is 13.3 Å². The minimum atomic E-state index is -0.156. The van der Waals surface area contributed by atoms with Crippen LogP contribution in [0.15, 0.2) is 52.0 Å². The van der Waals surface area contributed by atoms with E-state index in [0.29, 0.717) is 25.2 Å². The summed E-state index contributed by atoms with van der Waals surface area (Å²) in [6.07, 6.45) is 2.51. The fraction of sp³-hybridized carbons (Fsp3) is 0.364. The number of ether oxygens (including phenoxy) is 2. The van der Waals surface area contributed by atoms with Gasteiger partial charge in [-0.05, 0) is 57.6 Å². The molecule has 0 aliphatic carbocycles. The summed E-state index contributed by atoms with van der Waals surface area (Å²) in [5.41, 5.74) is 4.65. The van der Waals surface area contributed by atoms with Gasteiger partial charge >= 0.3 is 0 Å². The van der Waals surface area contributed by atoms with E-state index in [4.69, 9.17) is 9.47 Å². The van der Waals surface area contributed by atoms with Crippen molar-refractivity contribution in [2.75, 3.05) is 13.7 Å². The van der Waals surface area contributed by atoms with E-state index in [1.165, 1.54) is 5.56 Å². The fourth-order valence-electron chi connectivity index (χ4n) is 2.50. The molecule has 0 aromatic heterocycles. The van der Waals surface area contributed by atoms with Gasteiger partial charge in [0, 0.05) is 12.0 Å². The number of hydrogen-bond acceptors (Lipinski definition) is 4. The van der Waals surface area contributed by atoms with Crippen molar-refractivity contribution in [2.24, 2.45) is 5.10 Å². The van der Waals surface area contributed by atoms with Crippen molar-refractivity contribution in [3.63, 3.8) is 0 Å². The van der Waals surface area contributed by atoms with E-state index < -0.39 is 0 Å². The molecule has 2 aromatic rings. The molecule has 28 heavy (non-hydrogen) atoms. The highest BCUT2D eigenvalue weighted by molar-refractivity contribution is 9.10. The Kier molecular flexibility index (Phi) is 8.05. The van der Waals surface area contributed by atoms with Gasteiger partial charge in [0.05, 0.1) is 24.4 Å². The first-order valence-corrected chi connectivity index (χ1v) is 9.98. The molecule has 0 bridgehead atoms. The van der Waals surface area contributed by atoms with Crippen LogP contribution in [-0.4, -0.2) is 25.8 Å². The summed E-state index contributed by atoms with van der Waals surface area (Å²) in [6.45, 7) is 6.97. The summed E-state index contributed by atoms with van der Waals surface area (Å²) >= 11 is 3.56. The van der Waals surface area contributed by atoms with Crippen molar-refractivity contribution in [3.05, 3.63) is 58.1 Å². The predicted molar refractivity (Wildman–Crippen MR) is 116 cm³/mol. The van der Waals surface area contributed by atoms with Gasteiger partial charge in [-0.2, -0.15) is 5.10 Å². The van der Waals surface area contributed by atoms with Crippen LogP contribution >= 0.6 is 15.9 Å². The van der Waals surface area contributed by atoms with Gasteiger partial charge in [-0.25, -0.2) is 5.43 Å². The normalized spacial score (nSPS) is 11.5. The van der Waals surface area contributed by atoms with Gasteiger partial charge < -0.3 is 9.47 Å². The van der Waals surface area contributed by atoms with Crippen LogP contribution in [0.2, 0.25) is 0 Å². The van der Waals surface area contributed by atoms with Gasteiger partial charge in [-0.3, -0.25) is 4.79 Å². The minimum absolute atomic E-state index is 0.0867. The number of para-hydroxylation sites is 1.